The molecule has 6 heteroatoms. The molecule has 0 spiro atoms. The zero-order chi connectivity index (χ0) is 15.6. The molecular formula is C15H12BrCl2NO2. The number of phenols is 1. The molecule has 1 amide bonds. The second-order valence-electron chi connectivity index (χ2n) is 4.52. The highest BCUT2D eigenvalue weighted by molar-refractivity contribution is 9.10. The quantitative estimate of drug-likeness (QED) is 0.781. The molecule has 0 saturated carbocycles. The first kappa shape index (κ1) is 16.1. The van der Waals surface area contributed by atoms with Gasteiger partial charge in [0.15, 0.2) is 0 Å². The van der Waals surface area contributed by atoms with E-state index >= 15 is 0 Å². The van der Waals surface area contributed by atoms with Crippen molar-refractivity contribution in [3.63, 3.8) is 0 Å². The lowest BCUT2D eigenvalue weighted by molar-refractivity contribution is 0.0937. The Balaban J connectivity index is 2.18. The van der Waals surface area contributed by atoms with E-state index in [-0.39, 0.29) is 23.3 Å². The van der Waals surface area contributed by atoms with Crippen LogP contribution in [0.5, 0.6) is 5.75 Å². The number of carbonyl (C=O) groups is 1. The number of benzene rings is 2. The highest BCUT2D eigenvalue weighted by Crippen LogP contribution is 2.27. The number of hydrogen-bond acceptors (Lipinski definition) is 2. The van der Waals surface area contributed by atoms with E-state index < -0.39 is 0 Å². The van der Waals surface area contributed by atoms with E-state index in [0.29, 0.717) is 14.5 Å². The third kappa shape index (κ3) is 3.90. The van der Waals surface area contributed by atoms with Crippen molar-refractivity contribution in [1.82, 2.24) is 5.32 Å². The van der Waals surface area contributed by atoms with Crippen LogP contribution in [-0.2, 0) is 0 Å². The monoisotopic (exact) mass is 387 g/mol. The fourth-order valence-electron chi connectivity index (χ4n) is 1.90. The Morgan fingerprint density at radius 2 is 1.95 bits per heavy atom. The number of nitrogens with one attached hydrogen (secondary N) is 1. The highest BCUT2D eigenvalue weighted by atomic mass is 79.9. The molecule has 0 heterocycles. The van der Waals surface area contributed by atoms with Gasteiger partial charge in [-0.1, -0.05) is 45.2 Å². The van der Waals surface area contributed by atoms with Gasteiger partial charge >= 0.3 is 0 Å². The molecule has 0 fully saturated rings. The first-order valence-corrected chi connectivity index (χ1v) is 7.67. The van der Waals surface area contributed by atoms with E-state index in [1.807, 2.05) is 6.92 Å². The van der Waals surface area contributed by atoms with Crippen LogP contribution >= 0.6 is 39.1 Å². The maximum Gasteiger partial charge on any atom is 0.255 e. The Morgan fingerprint density at radius 3 is 2.57 bits per heavy atom. The topological polar surface area (TPSA) is 49.3 Å². The normalized spacial score (nSPS) is 12.0. The fourth-order valence-corrected chi connectivity index (χ4v) is 2.82. The van der Waals surface area contributed by atoms with Gasteiger partial charge < -0.3 is 10.4 Å². The van der Waals surface area contributed by atoms with Crippen LogP contribution in [0.2, 0.25) is 10.0 Å². The van der Waals surface area contributed by atoms with E-state index in [1.165, 1.54) is 6.07 Å². The summed E-state index contributed by atoms with van der Waals surface area (Å²) in [6, 6.07) is 9.48. The van der Waals surface area contributed by atoms with Crippen LogP contribution in [0.25, 0.3) is 0 Å². The summed E-state index contributed by atoms with van der Waals surface area (Å²) >= 11 is 15.2. The lowest BCUT2D eigenvalue weighted by Gasteiger charge is -2.16. The van der Waals surface area contributed by atoms with Gasteiger partial charge in [0.1, 0.15) is 5.75 Å². The molecule has 0 bridgehead atoms. The summed E-state index contributed by atoms with van der Waals surface area (Å²) in [6.45, 7) is 1.81. The average molecular weight is 389 g/mol. The molecule has 110 valence electrons. The summed E-state index contributed by atoms with van der Waals surface area (Å²) < 4.78 is 0.699. The standard InChI is InChI=1S/C15H12BrCl2NO2/c1-8(11-5-3-10(17)7-13(11)18)19-15(21)12-4-2-9(16)6-14(12)20/h2-8,20H,1H3,(H,19,21). The second-order valence-corrected chi connectivity index (χ2v) is 6.28. The molecule has 21 heavy (non-hydrogen) atoms. The molecular weight excluding hydrogens is 377 g/mol. The third-order valence-electron chi connectivity index (χ3n) is 2.98. The first-order chi connectivity index (χ1) is 9.88. The average Bonchev–Trinajstić information content (AvgIpc) is 2.37. The van der Waals surface area contributed by atoms with E-state index in [0.717, 1.165) is 5.56 Å². The Hall–Kier alpha value is -1.23. The smallest absolute Gasteiger partial charge is 0.255 e. The zero-order valence-electron chi connectivity index (χ0n) is 11.0. The molecule has 0 aliphatic heterocycles. The molecule has 0 saturated heterocycles. The Bertz CT molecular complexity index is 691. The number of aromatic hydroxyl groups is 1. The SMILES string of the molecule is CC(NC(=O)c1ccc(Br)cc1O)c1ccc(Cl)cc1Cl. The summed E-state index contributed by atoms with van der Waals surface area (Å²) in [6.07, 6.45) is 0. The van der Waals surface area contributed by atoms with E-state index in [2.05, 4.69) is 21.2 Å². The van der Waals surface area contributed by atoms with Crippen LogP contribution in [-0.4, -0.2) is 11.0 Å². The predicted molar refractivity (Wildman–Crippen MR) is 88.2 cm³/mol. The molecule has 0 aliphatic carbocycles. The van der Waals surface area contributed by atoms with Gasteiger partial charge in [-0.25, -0.2) is 0 Å². The van der Waals surface area contributed by atoms with E-state index in [4.69, 9.17) is 23.2 Å². The summed E-state index contributed by atoms with van der Waals surface area (Å²) in [5.74, 6) is -0.463. The van der Waals surface area contributed by atoms with Crippen LogP contribution < -0.4 is 5.32 Å². The molecule has 1 unspecified atom stereocenters. The number of carbonyl (C=O) groups excluding carboxylic acids is 1. The van der Waals surface area contributed by atoms with Crippen molar-refractivity contribution in [2.75, 3.05) is 0 Å². The minimum absolute atomic E-state index is 0.0868. The minimum Gasteiger partial charge on any atom is -0.507 e. The van der Waals surface area contributed by atoms with Gasteiger partial charge in [0.05, 0.1) is 11.6 Å². The third-order valence-corrected chi connectivity index (χ3v) is 4.04. The minimum atomic E-state index is -0.376. The molecule has 0 aliphatic rings. The van der Waals surface area contributed by atoms with Crippen LogP contribution in [0.1, 0.15) is 28.9 Å². The summed E-state index contributed by atoms with van der Waals surface area (Å²) in [5, 5.41) is 13.6. The Kier molecular flexibility index (Phi) is 5.14. The highest BCUT2D eigenvalue weighted by Gasteiger charge is 2.16. The molecule has 3 nitrogen and oxygen atoms in total. The van der Waals surface area contributed by atoms with Crippen molar-refractivity contribution in [1.29, 1.82) is 0 Å². The van der Waals surface area contributed by atoms with Gasteiger partial charge in [-0.2, -0.15) is 0 Å². The van der Waals surface area contributed by atoms with Crippen molar-refractivity contribution in [3.05, 3.63) is 62.0 Å². The van der Waals surface area contributed by atoms with E-state index in [1.54, 1.807) is 30.3 Å². The van der Waals surface area contributed by atoms with E-state index in [9.17, 15) is 9.90 Å². The van der Waals surface area contributed by atoms with Crippen LogP contribution in [0.4, 0.5) is 0 Å². The summed E-state index contributed by atoms with van der Waals surface area (Å²) in [7, 11) is 0. The van der Waals surface area contributed by atoms with Gasteiger partial charge in [-0.3, -0.25) is 4.79 Å². The van der Waals surface area contributed by atoms with Gasteiger partial charge in [-0.05, 0) is 42.8 Å². The van der Waals surface area contributed by atoms with Crippen LogP contribution in [0.3, 0.4) is 0 Å². The predicted octanol–water partition coefficient (Wildman–Crippen LogP) is 4.95. The van der Waals surface area contributed by atoms with Crippen LogP contribution in [0, 0.1) is 0 Å². The number of hydrogen-bond donors (Lipinski definition) is 2. The second kappa shape index (κ2) is 6.69. The fraction of sp³-hybridized carbons (Fsp3) is 0.133. The van der Waals surface area contributed by atoms with Crippen molar-refractivity contribution in [2.45, 2.75) is 13.0 Å². The molecule has 0 radical (unpaired) electrons. The number of amides is 1. The van der Waals surface area contributed by atoms with Gasteiger partial charge in [0.25, 0.3) is 5.91 Å². The molecule has 0 aromatic heterocycles. The first-order valence-electron chi connectivity index (χ1n) is 6.13. The molecule has 1 atom stereocenters. The van der Waals surface area contributed by atoms with Gasteiger partial charge in [0, 0.05) is 14.5 Å². The lowest BCUT2D eigenvalue weighted by Crippen LogP contribution is -2.26. The number of rotatable bonds is 3. The van der Waals surface area contributed by atoms with Crippen molar-refractivity contribution >= 4 is 45.0 Å². The zero-order valence-corrected chi connectivity index (χ0v) is 14.1. The molecule has 2 rings (SSSR count). The molecule has 2 aromatic carbocycles. The van der Waals surface area contributed by atoms with Gasteiger partial charge in [0.2, 0.25) is 0 Å². The summed E-state index contributed by atoms with van der Waals surface area (Å²) in [5.41, 5.74) is 0.959. The summed E-state index contributed by atoms with van der Waals surface area (Å²) in [4.78, 5) is 12.2. The van der Waals surface area contributed by atoms with Crippen molar-refractivity contribution in [3.8, 4) is 5.75 Å². The van der Waals surface area contributed by atoms with Crippen molar-refractivity contribution < 1.29 is 9.90 Å². The maximum atomic E-state index is 12.2. The van der Waals surface area contributed by atoms with Gasteiger partial charge in [-0.15, -0.1) is 0 Å². The Labute approximate surface area is 141 Å². The molecule has 2 N–H and O–H groups in total. The number of halogens is 3. The maximum absolute atomic E-state index is 12.2. The Morgan fingerprint density at radius 1 is 1.24 bits per heavy atom. The lowest BCUT2D eigenvalue weighted by atomic mass is 10.1. The van der Waals surface area contributed by atoms with Crippen LogP contribution in [0.15, 0.2) is 40.9 Å². The largest absolute Gasteiger partial charge is 0.507 e. The number of phenolic OH excluding ortho intramolecular Hbond substituents is 1. The van der Waals surface area contributed by atoms with Crippen molar-refractivity contribution in [2.24, 2.45) is 0 Å². The molecule has 2 aromatic rings.